The van der Waals surface area contributed by atoms with Crippen LogP contribution in [-0.4, -0.2) is 29.6 Å². The van der Waals surface area contributed by atoms with Gasteiger partial charge in [0.05, 0.1) is 24.2 Å². The van der Waals surface area contributed by atoms with E-state index in [-0.39, 0.29) is 0 Å². The summed E-state index contributed by atoms with van der Waals surface area (Å²) in [6, 6.07) is 7.88. The molecule has 21 heavy (non-hydrogen) atoms. The van der Waals surface area contributed by atoms with Gasteiger partial charge in [-0.2, -0.15) is 0 Å². The molecule has 0 aliphatic heterocycles. The Labute approximate surface area is 129 Å². The van der Waals surface area contributed by atoms with Crippen LogP contribution in [0.5, 0.6) is 5.75 Å². The van der Waals surface area contributed by atoms with E-state index in [2.05, 4.69) is 11.7 Å². The topological polar surface area (TPSA) is 39.4 Å². The second-order valence-electron chi connectivity index (χ2n) is 4.42. The minimum absolute atomic E-state index is 0.809. The number of hydrogen-bond acceptors (Lipinski definition) is 4. The van der Waals surface area contributed by atoms with E-state index in [1.807, 2.05) is 55.1 Å². The molecule has 0 fully saturated rings. The van der Waals surface area contributed by atoms with E-state index in [0.717, 1.165) is 33.6 Å². The van der Waals surface area contributed by atoms with Gasteiger partial charge in [-0.25, -0.2) is 4.98 Å². The molecule has 0 saturated carbocycles. The van der Waals surface area contributed by atoms with Crippen molar-refractivity contribution in [1.29, 1.82) is 0 Å². The highest BCUT2D eigenvalue weighted by Gasteiger charge is 2.18. The molecule has 2 aromatic rings. The van der Waals surface area contributed by atoms with Crippen LogP contribution in [0.2, 0.25) is 0 Å². The van der Waals surface area contributed by atoms with Gasteiger partial charge in [-0.15, -0.1) is 0 Å². The van der Waals surface area contributed by atoms with Gasteiger partial charge in [-0.05, 0) is 32.0 Å². The van der Waals surface area contributed by atoms with Gasteiger partial charge in [-0.3, -0.25) is 4.99 Å². The molecule has 0 amide bonds. The largest absolute Gasteiger partial charge is 0.497 e. The molecule has 0 atom stereocenters. The van der Waals surface area contributed by atoms with E-state index in [1.54, 1.807) is 18.9 Å². The molecule has 2 rings (SSSR count). The van der Waals surface area contributed by atoms with Crippen molar-refractivity contribution in [3.05, 3.63) is 36.0 Å². The Hall–Kier alpha value is -2.01. The van der Waals surface area contributed by atoms with Gasteiger partial charge >= 0.3 is 0 Å². The lowest BCUT2D eigenvalue weighted by Gasteiger charge is -2.08. The molecule has 0 spiro atoms. The number of benzene rings is 1. The summed E-state index contributed by atoms with van der Waals surface area (Å²) < 4.78 is 7.35. The van der Waals surface area contributed by atoms with Crippen LogP contribution in [-0.2, 0) is 7.05 Å². The number of allylic oxidation sites excluding steroid dienone is 1. The van der Waals surface area contributed by atoms with Crippen molar-refractivity contribution < 1.29 is 4.74 Å². The number of methoxy groups -OCH3 is 1. The minimum Gasteiger partial charge on any atom is -0.497 e. The van der Waals surface area contributed by atoms with Gasteiger partial charge in [-0.1, -0.05) is 30.0 Å². The Morgan fingerprint density at radius 3 is 2.81 bits per heavy atom. The molecule has 0 unspecified atom stereocenters. The summed E-state index contributed by atoms with van der Waals surface area (Å²) in [6.45, 7) is 5.61. The number of imidazole rings is 1. The van der Waals surface area contributed by atoms with Crippen LogP contribution in [0.3, 0.4) is 0 Å². The molecule has 1 heterocycles. The van der Waals surface area contributed by atoms with Crippen LogP contribution >= 0.6 is 11.8 Å². The Balaban J connectivity index is 2.69. The normalized spacial score (nSPS) is 11.5. The highest BCUT2D eigenvalue weighted by molar-refractivity contribution is 7.98. The molecule has 0 bridgehead atoms. The molecular weight excluding hydrogens is 282 g/mol. The Kier molecular flexibility index (Phi) is 4.85. The zero-order chi connectivity index (χ0) is 15.4. The Bertz CT molecular complexity index is 689. The van der Waals surface area contributed by atoms with Gasteiger partial charge in [0, 0.05) is 12.6 Å². The summed E-state index contributed by atoms with van der Waals surface area (Å²) in [4.78, 5) is 8.86. The Morgan fingerprint density at radius 1 is 1.48 bits per heavy atom. The number of nitrogens with zero attached hydrogens (tertiary/aromatic N) is 3. The van der Waals surface area contributed by atoms with E-state index < -0.39 is 0 Å². The quantitative estimate of drug-likeness (QED) is 0.621. The maximum absolute atomic E-state index is 5.30. The van der Waals surface area contributed by atoms with E-state index >= 15 is 0 Å². The average Bonchev–Trinajstić information content (AvgIpc) is 2.86. The fourth-order valence-corrected chi connectivity index (χ4v) is 2.78. The van der Waals surface area contributed by atoms with E-state index in [4.69, 9.17) is 9.72 Å². The van der Waals surface area contributed by atoms with Crippen LogP contribution < -0.4 is 4.74 Å². The third-order valence-corrected chi connectivity index (χ3v) is 4.00. The lowest BCUT2D eigenvalue weighted by molar-refractivity contribution is 0.415. The zero-order valence-corrected chi connectivity index (χ0v) is 13.6. The second-order valence-corrected chi connectivity index (χ2v) is 5.19. The fraction of sp³-hybridized carbons (Fsp3) is 0.250. The first-order valence-corrected chi connectivity index (χ1v) is 7.77. The van der Waals surface area contributed by atoms with Crippen molar-refractivity contribution in [2.75, 3.05) is 13.4 Å². The molecule has 0 saturated heterocycles. The summed E-state index contributed by atoms with van der Waals surface area (Å²) in [5.41, 5.74) is 3.68. The molecule has 4 nitrogen and oxygen atoms in total. The predicted molar refractivity (Wildman–Crippen MR) is 90.2 cm³/mol. The molecule has 1 aromatic heterocycles. The SMILES string of the molecule is C=N/C(=C\C)c1c(-c2cccc(OC)c2)nc(SC)n1C. The van der Waals surface area contributed by atoms with Crippen molar-refractivity contribution in [1.82, 2.24) is 9.55 Å². The number of aromatic nitrogens is 2. The number of thioether (sulfide) groups is 1. The second kappa shape index (κ2) is 6.63. The summed E-state index contributed by atoms with van der Waals surface area (Å²) in [5.74, 6) is 0.809. The molecule has 0 radical (unpaired) electrons. The van der Waals surface area contributed by atoms with Crippen molar-refractivity contribution in [3.8, 4) is 17.0 Å². The third-order valence-electron chi connectivity index (χ3n) is 3.27. The molecule has 0 aliphatic rings. The smallest absolute Gasteiger partial charge is 0.168 e. The summed E-state index contributed by atoms with van der Waals surface area (Å²) in [6.07, 6.45) is 3.95. The van der Waals surface area contributed by atoms with Crippen molar-refractivity contribution in [2.24, 2.45) is 12.0 Å². The number of hydrogen-bond donors (Lipinski definition) is 0. The highest BCUT2D eigenvalue weighted by Crippen LogP contribution is 2.33. The van der Waals surface area contributed by atoms with Gasteiger partial charge in [0.15, 0.2) is 5.16 Å². The predicted octanol–water partition coefficient (Wildman–Crippen LogP) is 3.88. The van der Waals surface area contributed by atoms with Crippen LogP contribution in [0.4, 0.5) is 0 Å². The van der Waals surface area contributed by atoms with Gasteiger partial charge in [0.1, 0.15) is 5.75 Å². The zero-order valence-electron chi connectivity index (χ0n) is 12.8. The van der Waals surface area contributed by atoms with Crippen molar-refractivity contribution in [2.45, 2.75) is 12.1 Å². The summed E-state index contributed by atoms with van der Waals surface area (Å²) >= 11 is 1.60. The molecule has 1 aromatic carbocycles. The number of rotatable bonds is 5. The lowest BCUT2D eigenvalue weighted by Crippen LogP contribution is -1.97. The summed E-state index contributed by atoms with van der Waals surface area (Å²) in [7, 11) is 3.65. The third kappa shape index (κ3) is 2.88. The van der Waals surface area contributed by atoms with Gasteiger partial charge in [0.25, 0.3) is 0 Å². The first-order chi connectivity index (χ1) is 10.2. The summed E-state index contributed by atoms with van der Waals surface area (Å²) in [5, 5.41) is 0.936. The van der Waals surface area contributed by atoms with Crippen LogP contribution in [0.1, 0.15) is 12.6 Å². The van der Waals surface area contributed by atoms with Crippen LogP contribution in [0.25, 0.3) is 17.0 Å². The van der Waals surface area contributed by atoms with Crippen molar-refractivity contribution in [3.63, 3.8) is 0 Å². The fourth-order valence-electron chi connectivity index (χ4n) is 2.23. The first kappa shape index (κ1) is 15.4. The maximum atomic E-state index is 5.30. The average molecular weight is 301 g/mol. The number of aliphatic imine (C=N–C) groups is 1. The minimum atomic E-state index is 0.809. The lowest BCUT2D eigenvalue weighted by atomic mass is 10.1. The van der Waals surface area contributed by atoms with Crippen LogP contribution in [0.15, 0.2) is 40.5 Å². The monoisotopic (exact) mass is 301 g/mol. The van der Waals surface area contributed by atoms with Crippen LogP contribution in [0, 0.1) is 0 Å². The number of ether oxygens (including phenoxy) is 1. The maximum Gasteiger partial charge on any atom is 0.168 e. The standard InChI is InChI=1S/C16H19N3OS/c1-6-13(17-2)15-14(18-16(21-5)19(15)3)11-8-7-9-12(10-11)20-4/h6-10H,2H2,1,3-5H3/b13-6-. The highest BCUT2D eigenvalue weighted by atomic mass is 32.2. The molecule has 5 heteroatoms. The molecule has 0 aliphatic carbocycles. The molecular formula is C16H19N3OS. The molecule has 110 valence electrons. The van der Waals surface area contributed by atoms with Gasteiger partial charge < -0.3 is 9.30 Å². The van der Waals surface area contributed by atoms with Gasteiger partial charge in [0.2, 0.25) is 0 Å². The van der Waals surface area contributed by atoms with Crippen molar-refractivity contribution >= 4 is 24.2 Å². The first-order valence-electron chi connectivity index (χ1n) is 6.54. The van der Waals surface area contributed by atoms with E-state index in [0.29, 0.717) is 0 Å². The van der Waals surface area contributed by atoms with E-state index in [9.17, 15) is 0 Å². The van der Waals surface area contributed by atoms with E-state index in [1.165, 1.54) is 0 Å². The molecule has 0 N–H and O–H groups in total. The Morgan fingerprint density at radius 2 is 2.24 bits per heavy atom.